The molecule has 6 heteroatoms. The van der Waals surface area contributed by atoms with Crippen LogP contribution in [0.4, 0.5) is 0 Å². The zero-order valence-electron chi connectivity index (χ0n) is 17.1. The van der Waals surface area contributed by atoms with E-state index < -0.39 is 0 Å². The molecule has 27 heavy (non-hydrogen) atoms. The molecule has 1 atom stereocenters. The molecule has 3 heterocycles. The number of piperidine rings is 1. The van der Waals surface area contributed by atoms with Crippen molar-refractivity contribution in [2.75, 3.05) is 33.7 Å². The number of rotatable bonds is 7. The van der Waals surface area contributed by atoms with Crippen LogP contribution in [0.15, 0.2) is 30.7 Å². The number of hydrogen-bond acceptors (Lipinski definition) is 3. The highest BCUT2D eigenvalue weighted by molar-refractivity contribution is 5.93. The third-order valence-electron chi connectivity index (χ3n) is 5.38. The van der Waals surface area contributed by atoms with Crippen LogP contribution in [-0.4, -0.2) is 63.6 Å². The lowest BCUT2D eigenvalue weighted by molar-refractivity contribution is 0.0690. The molecule has 0 N–H and O–H groups in total. The fourth-order valence-corrected chi connectivity index (χ4v) is 3.99. The molecule has 1 amide bonds. The maximum Gasteiger partial charge on any atom is 0.270 e. The quantitative estimate of drug-likeness (QED) is 0.751. The van der Waals surface area contributed by atoms with Gasteiger partial charge in [0.15, 0.2) is 0 Å². The molecule has 1 fully saturated rings. The van der Waals surface area contributed by atoms with E-state index in [1.807, 2.05) is 29.4 Å². The second-order valence-corrected chi connectivity index (χ2v) is 8.12. The summed E-state index contributed by atoms with van der Waals surface area (Å²) in [5.41, 5.74) is 0.792. The minimum absolute atomic E-state index is 0.143. The first-order valence-electron chi connectivity index (χ1n) is 10.1. The number of imidazole rings is 1. The molecule has 1 saturated heterocycles. The first-order chi connectivity index (χ1) is 13.0. The first kappa shape index (κ1) is 19.7. The van der Waals surface area contributed by atoms with Gasteiger partial charge in [-0.1, -0.05) is 0 Å². The molecule has 148 valence electrons. The van der Waals surface area contributed by atoms with Crippen LogP contribution in [0.2, 0.25) is 0 Å². The van der Waals surface area contributed by atoms with Crippen molar-refractivity contribution >= 4 is 5.91 Å². The summed E-state index contributed by atoms with van der Waals surface area (Å²) >= 11 is 0. The van der Waals surface area contributed by atoms with Crippen LogP contribution in [0, 0.1) is 0 Å². The lowest BCUT2D eigenvalue weighted by Crippen LogP contribution is -2.40. The predicted octanol–water partition coefficient (Wildman–Crippen LogP) is 3.24. The average Bonchev–Trinajstić information content (AvgIpc) is 3.30. The van der Waals surface area contributed by atoms with E-state index in [2.05, 4.69) is 53.2 Å². The number of aryl methyl sites for hydroxylation is 1. The van der Waals surface area contributed by atoms with Crippen LogP contribution in [0.5, 0.6) is 0 Å². The summed E-state index contributed by atoms with van der Waals surface area (Å²) in [7, 11) is 4.21. The molecule has 1 aliphatic heterocycles. The molecule has 0 radical (unpaired) electrons. The summed E-state index contributed by atoms with van der Waals surface area (Å²) in [6.45, 7) is 7.86. The SMILES string of the molecule is CC(C)n1cccc1C(=O)N1CCC[C@H](c2nccn2CCCN(C)C)C1. The standard InChI is InChI=1S/C21H33N5O/c1-17(2)26-14-6-9-19(26)21(27)25-12-5-8-18(16-25)20-22-10-15-24(20)13-7-11-23(3)4/h6,9-10,14-15,17-18H,5,7-8,11-13,16H2,1-4H3/t18-/m0/s1. The van der Waals surface area contributed by atoms with Crippen LogP contribution in [0.1, 0.15) is 61.4 Å². The smallest absolute Gasteiger partial charge is 0.270 e. The Morgan fingerprint density at radius 2 is 2.15 bits per heavy atom. The van der Waals surface area contributed by atoms with E-state index in [1.165, 1.54) is 0 Å². The number of aromatic nitrogens is 3. The highest BCUT2D eigenvalue weighted by atomic mass is 16.2. The van der Waals surface area contributed by atoms with Crippen molar-refractivity contribution in [3.63, 3.8) is 0 Å². The number of carbonyl (C=O) groups excluding carboxylic acids is 1. The van der Waals surface area contributed by atoms with Crippen molar-refractivity contribution in [3.05, 3.63) is 42.2 Å². The average molecular weight is 372 g/mol. The van der Waals surface area contributed by atoms with Crippen molar-refractivity contribution in [1.29, 1.82) is 0 Å². The molecule has 2 aromatic rings. The molecule has 6 nitrogen and oxygen atoms in total. The summed E-state index contributed by atoms with van der Waals surface area (Å²) in [6, 6.07) is 4.19. The van der Waals surface area contributed by atoms with Gasteiger partial charge in [-0.25, -0.2) is 4.98 Å². The highest BCUT2D eigenvalue weighted by Crippen LogP contribution is 2.27. The van der Waals surface area contributed by atoms with Gasteiger partial charge in [0.1, 0.15) is 11.5 Å². The number of nitrogens with zero attached hydrogens (tertiary/aromatic N) is 5. The summed E-state index contributed by atoms with van der Waals surface area (Å²) in [5.74, 6) is 1.59. The van der Waals surface area contributed by atoms with Crippen LogP contribution < -0.4 is 0 Å². The third kappa shape index (κ3) is 4.61. The van der Waals surface area contributed by atoms with Crippen molar-refractivity contribution < 1.29 is 4.79 Å². The Morgan fingerprint density at radius 3 is 2.89 bits per heavy atom. The minimum Gasteiger partial charge on any atom is -0.341 e. The van der Waals surface area contributed by atoms with Crippen molar-refractivity contribution in [1.82, 2.24) is 23.9 Å². The van der Waals surface area contributed by atoms with Gasteiger partial charge in [0.2, 0.25) is 0 Å². The van der Waals surface area contributed by atoms with Gasteiger partial charge in [0, 0.05) is 50.2 Å². The third-order valence-corrected chi connectivity index (χ3v) is 5.38. The lowest BCUT2D eigenvalue weighted by atomic mass is 9.96. The Balaban J connectivity index is 1.69. The van der Waals surface area contributed by atoms with Gasteiger partial charge >= 0.3 is 0 Å². The van der Waals surface area contributed by atoms with Crippen LogP contribution in [0.25, 0.3) is 0 Å². The minimum atomic E-state index is 0.143. The van der Waals surface area contributed by atoms with E-state index in [4.69, 9.17) is 0 Å². The normalized spacial score (nSPS) is 17.9. The molecule has 0 aromatic carbocycles. The number of carbonyl (C=O) groups is 1. The van der Waals surface area contributed by atoms with E-state index in [0.717, 1.165) is 57.0 Å². The molecule has 3 rings (SSSR count). The molecule has 0 aliphatic carbocycles. The zero-order valence-corrected chi connectivity index (χ0v) is 17.1. The van der Waals surface area contributed by atoms with Crippen LogP contribution in [-0.2, 0) is 6.54 Å². The largest absolute Gasteiger partial charge is 0.341 e. The Hall–Kier alpha value is -2.08. The summed E-state index contributed by atoms with van der Waals surface area (Å²) in [4.78, 5) is 22.0. The maximum absolute atomic E-state index is 13.1. The van der Waals surface area contributed by atoms with Gasteiger partial charge in [0.25, 0.3) is 5.91 Å². The molecule has 0 unspecified atom stereocenters. The summed E-state index contributed by atoms with van der Waals surface area (Å²) < 4.78 is 4.34. The highest BCUT2D eigenvalue weighted by Gasteiger charge is 2.29. The Morgan fingerprint density at radius 1 is 1.33 bits per heavy atom. The van der Waals surface area contributed by atoms with E-state index in [-0.39, 0.29) is 11.9 Å². The molecular weight excluding hydrogens is 338 g/mol. The second-order valence-electron chi connectivity index (χ2n) is 8.12. The Labute approximate surface area is 162 Å². The van der Waals surface area contributed by atoms with Crippen LogP contribution >= 0.6 is 0 Å². The Kier molecular flexibility index (Phi) is 6.37. The first-order valence-corrected chi connectivity index (χ1v) is 10.1. The molecule has 2 aromatic heterocycles. The predicted molar refractivity (Wildman–Crippen MR) is 108 cm³/mol. The fraction of sp³-hybridized carbons (Fsp3) is 0.619. The molecule has 0 spiro atoms. The van der Waals surface area contributed by atoms with Gasteiger partial charge in [-0.05, 0) is 65.9 Å². The fourth-order valence-electron chi connectivity index (χ4n) is 3.99. The van der Waals surface area contributed by atoms with E-state index in [1.54, 1.807) is 0 Å². The van der Waals surface area contributed by atoms with E-state index in [9.17, 15) is 4.79 Å². The molecule has 0 saturated carbocycles. The van der Waals surface area contributed by atoms with Gasteiger partial charge < -0.3 is 18.9 Å². The van der Waals surface area contributed by atoms with Gasteiger partial charge in [0.05, 0.1) is 0 Å². The topological polar surface area (TPSA) is 46.3 Å². The van der Waals surface area contributed by atoms with Crippen molar-refractivity contribution in [2.24, 2.45) is 0 Å². The lowest BCUT2D eigenvalue weighted by Gasteiger charge is -2.33. The molecular formula is C21H33N5O. The van der Waals surface area contributed by atoms with Crippen molar-refractivity contribution in [2.45, 2.75) is 51.6 Å². The Bertz CT molecular complexity index is 745. The van der Waals surface area contributed by atoms with Gasteiger partial charge in [-0.2, -0.15) is 0 Å². The number of hydrogen-bond donors (Lipinski definition) is 0. The zero-order chi connectivity index (χ0) is 19.4. The summed E-state index contributed by atoms with van der Waals surface area (Å²) in [6.07, 6.45) is 9.21. The van der Waals surface area contributed by atoms with Gasteiger partial charge in [-0.3, -0.25) is 4.79 Å². The van der Waals surface area contributed by atoms with Gasteiger partial charge in [-0.15, -0.1) is 0 Å². The maximum atomic E-state index is 13.1. The van der Waals surface area contributed by atoms with E-state index in [0.29, 0.717) is 5.92 Å². The van der Waals surface area contributed by atoms with Crippen LogP contribution in [0.3, 0.4) is 0 Å². The molecule has 0 bridgehead atoms. The number of likely N-dealkylation sites (tertiary alicyclic amines) is 1. The van der Waals surface area contributed by atoms with Crippen molar-refractivity contribution in [3.8, 4) is 0 Å². The second kappa shape index (κ2) is 8.74. The summed E-state index contributed by atoms with van der Waals surface area (Å²) in [5, 5.41) is 0. The monoisotopic (exact) mass is 371 g/mol. The van der Waals surface area contributed by atoms with E-state index >= 15 is 0 Å². The number of amides is 1. The molecule has 1 aliphatic rings.